The Labute approximate surface area is 121 Å². The number of fused-ring (bicyclic) bond motifs is 2. The standard InChI is InChI=1S/C16H14N4O/c1-2-9-14-12(7-1)18-16(21-14)20-19-13-8-3-5-11-6-4-10-17-15(11)13/h1-2,4,6-7,9-10H,3,5,8H2,(H,18,20)/b19-13+. The minimum absolute atomic E-state index is 0.409. The van der Waals surface area contributed by atoms with Crippen LogP contribution >= 0.6 is 0 Å². The van der Waals surface area contributed by atoms with Crippen molar-refractivity contribution in [2.45, 2.75) is 19.3 Å². The number of benzene rings is 1. The normalized spacial score (nSPS) is 16.1. The fraction of sp³-hybridized carbons (Fsp3) is 0.188. The summed E-state index contributed by atoms with van der Waals surface area (Å²) in [7, 11) is 0. The van der Waals surface area contributed by atoms with Gasteiger partial charge in [-0.2, -0.15) is 10.1 Å². The van der Waals surface area contributed by atoms with Crippen LogP contribution in [0.1, 0.15) is 24.1 Å². The summed E-state index contributed by atoms with van der Waals surface area (Å²) in [6, 6.07) is 12.1. The fourth-order valence-electron chi connectivity index (χ4n) is 2.61. The molecule has 0 bridgehead atoms. The number of anilines is 1. The van der Waals surface area contributed by atoms with Gasteiger partial charge in [-0.15, -0.1) is 0 Å². The zero-order valence-electron chi connectivity index (χ0n) is 11.4. The van der Waals surface area contributed by atoms with E-state index in [2.05, 4.69) is 26.6 Å². The van der Waals surface area contributed by atoms with Crippen LogP contribution < -0.4 is 5.43 Å². The zero-order valence-corrected chi connectivity index (χ0v) is 11.4. The quantitative estimate of drug-likeness (QED) is 0.730. The van der Waals surface area contributed by atoms with E-state index in [0.29, 0.717) is 6.01 Å². The Kier molecular flexibility index (Phi) is 2.88. The molecule has 0 aliphatic heterocycles. The molecule has 0 unspecified atom stereocenters. The first-order valence-electron chi connectivity index (χ1n) is 7.02. The molecule has 4 rings (SSSR count). The van der Waals surface area contributed by atoms with Gasteiger partial charge in [0, 0.05) is 6.20 Å². The van der Waals surface area contributed by atoms with Crippen LogP contribution in [0.5, 0.6) is 0 Å². The predicted molar refractivity (Wildman–Crippen MR) is 81.3 cm³/mol. The molecule has 1 N–H and O–H groups in total. The van der Waals surface area contributed by atoms with E-state index in [4.69, 9.17) is 4.42 Å². The molecule has 0 radical (unpaired) electrons. The van der Waals surface area contributed by atoms with E-state index < -0.39 is 0 Å². The van der Waals surface area contributed by atoms with Crippen LogP contribution in [-0.2, 0) is 6.42 Å². The van der Waals surface area contributed by atoms with Gasteiger partial charge in [0.1, 0.15) is 5.52 Å². The number of aryl methyl sites for hydroxylation is 1. The van der Waals surface area contributed by atoms with Gasteiger partial charge < -0.3 is 4.42 Å². The van der Waals surface area contributed by atoms with Crippen molar-refractivity contribution in [3.8, 4) is 0 Å². The Morgan fingerprint density at radius 1 is 1.10 bits per heavy atom. The van der Waals surface area contributed by atoms with Crippen molar-refractivity contribution in [3.05, 3.63) is 53.9 Å². The van der Waals surface area contributed by atoms with E-state index >= 15 is 0 Å². The SMILES string of the molecule is c1cnc2c(c1)CCC/C2=N\Nc1nc2ccccc2o1. The largest absolute Gasteiger partial charge is 0.422 e. The number of oxazole rings is 1. The molecule has 1 aliphatic rings. The van der Waals surface area contributed by atoms with Gasteiger partial charge in [-0.05, 0) is 43.0 Å². The predicted octanol–water partition coefficient (Wildman–Crippen LogP) is 3.38. The smallest absolute Gasteiger partial charge is 0.316 e. The van der Waals surface area contributed by atoms with E-state index in [1.54, 1.807) is 6.20 Å². The van der Waals surface area contributed by atoms with Gasteiger partial charge in [0.05, 0.1) is 11.4 Å². The highest BCUT2D eigenvalue weighted by Crippen LogP contribution is 2.21. The lowest BCUT2D eigenvalue weighted by Crippen LogP contribution is -2.15. The van der Waals surface area contributed by atoms with Gasteiger partial charge >= 0.3 is 6.01 Å². The molecule has 104 valence electrons. The monoisotopic (exact) mass is 278 g/mol. The van der Waals surface area contributed by atoms with Crippen molar-refractivity contribution in [1.29, 1.82) is 0 Å². The molecule has 0 atom stereocenters. The van der Waals surface area contributed by atoms with Crippen molar-refractivity contribution in [3.63, 3.8) is 0 Å². The van der Waals surface area contributed by atoms with Gasteiger partial charge in [-0.1, -0.05) is 18.2 Å². The van der Waals surface area contributed by atoms with Crippen LogP contribution in [0.2, 0.25) is 0 Å². The summed E-state index contributed by atoms with van der Waals surface area (Å²) in [5, 5.41) is 4.44. The molecule has 2 aromatic heterocycles. The third kappa shape index (κ3) is 2.27. The minimum Gasteiger partial charge on any atom is -0.422 e. The van der Waals surface area contributed by atoms with Crippen molar-refractivity contribution in [1.82, 2.24) is 9.97 Å². The number of hydrazone groups is 1. The second kappa shape index (κ2) is 5.01. The fourth-order valence-corrected chi connectivity index (χ4v) is 2.61. The number of nitrogens with one attached hydrogen (secondary N) is 1. The summed E-state index contributed by atoms with van der Waals surface area (Å²) >= 11 is 0. The maximum absolute atomic E-state index is 5.60. The summed E-state index contributed by atoms with van der Waals surface area (Å²) in [5.74, 6) is 0. The number of nitrogens with zero attached hydrogens (tertiary/aromatic N) is 3. The molecule has 1 aliphatic carbocycles. The molecule has 2 heterocycles. The molecule has 5 heteroatoms. The lowest BCUT2D eigenvalue weighted by Gasteiger charge is -2.15. The highest BCUT2D eigenvalue weighted by molar-refractivity contribution is 6.01. The van der Waals surface area contributed by atoms with Crippen LogP contribution in [0.4, 0.5) is 6.01 Å². The Morgan fingerprint density at radius 2 is 2.05 bits per heavy atom. The van der Waals surface area contributed by atoms with Crippen LogP contribution in [0.3, 0.4) is 0 Å². The third-order valence-corrected chi connectivity index (χ3v) is 3.60. The number of hydrogen-bond acceptors (Lipinski definition) is 5. The first-order chi connectivity index (χ1) is 10.4. The van der Waals surface area contributed by atoms with E-state index in [0.717, 1.165) is 41.8 Å². The highest BCUT2D eigenvalue weighted by atomic mass is 16.4. The maximum atomic E-state index is 5.60. The summed E-state index contributed by atoms with van der Waals surface area (Å²) in [6.07, 6.45) is 4.87. The molecule has 5 nitrogen and oxygen atoms in total. The van der Waals surface area contributed by atoms with Crippen LogP contribution in [-0.4, -0.2) is 15.7 Å². The lowest BCUT2D eigenvalue weighted by atomic mass is 9.95. The van der Waals surface area contributed by atoms with Crippen molar-refractivity contribution >= 4 is 22.8 Å². The van der Waals surface area contributed by atoms with Crippen molar-refractivity contribution < 1.29 is 4.42 Å². The first-order valence-corrected chi connectivity index (χ1v) is 7.02. The number of para-hydroxylation sites is 2. The first kappa shape index (κ1) is 12.1. The van der Waals surface area contributed by atoms with Crippen molar-refractivity contribution in [2.75, 3.05) is 5.43 Å². The second-order valence-electron chi connectivity index (χ2n) is 5.02. The second-order valence-corrected chi connectivity index (χ2v) is 5.02. The van der Waals surface area contributed by atoms with Gasteiger partial charge in [0.15, 0.2) is 5.58 Å². The van der Waals surface area contributed by atoms with E-state index in [9.17, 15) is 0 Å². The van der Waals surface area contributed by atoms with Gasteiger partial charge in [0.25, 0.3) is 0 Å². The average Bonchev–Trinajstić information content (AvgIpc) is 2.96. The Morgan fingerprint density at radius 3 is 3.00 bits per heavy atom. The van der Waals surface area contributed by atoms with Gasteiger partial charge in [-0.3, -0.25) is 4.98 Å². The average molecular weight is 278 g/mol. The van der Waals surface area contributed by atoms with E-state index in [1.807, 2.05) is 30.3 Å². The zero-order chi connectivity index (χ0) is 14.1. The van der Waals surface area contributed by atoms with E-state index in [-0.39, 0.29) is 0 Å². The van der Waals surface area contributed by atoms with Gasteiger partial charge in [0.2, 0.25) is 0 Å². The summed E-state index contributed by atoms with van der Waals surface area (Å²) < 4.78 is 5.60. The summed E-state index contributed by atoms with van der Waals surface area (Å²) in [4.78, 5) is 8.78. The molecule has 0 spiro atoms. The minimum atomic E-state index is 0.409. The summed E-state index contributed by atoms with van der Waals surface area (Å²) in [5.41, 5.74) is 7.68. The topological polar surface area (TPSA) is 63.3 Å². The molecule has 0 fully saturated rings. The Balaban J connectivity index is 1.64. The van der Waals surface area contributed by atoms with Crippen LogP contribution in [0.15, 0.2) is 52.1 Å². The molecule has 0 saturated carbocycles. The molecule has 0 amide bonds. The highest BCUT2D eigenvalue weighted by Gasteiger charge is 2.16. The van der Waals surface area contributed by atoms with Crippen molar-refractivity contribution in [2.24, 2.45) is 5.10 Å². The number of pyridine rings is 1. The third-order valence-electron chi connectivity index (χ3n) is 3.60. The van der Waals surface area contributed by atoms with Crippen LogP contribution in [0, 0.1) is 0 Å². The maximum Gasteiger partial charge on any atom is 0.316 e. The summed E-state index contributed by atoms with van der Waals surface area (Å²) in [6.45, 7) is 0. The molecule has 3 aromatic rings. The molecular weight excluding hydrogens is 264 g/mol. The number of rotatable bonds is 2. The number of aromatic nitrogens is 2. The molecule has 21 heavy (non-hydrogen) atoms. The number of hydrogen-bond donors (Lipinski definition) is 1. The Bertz CT molecular complexity index is 789. The lowest BCUT2D eigenvalue weighted by molar-refractivity contribution is 0.616. The molecular formula is C16H14N4O. The van der Waals surface area contributed by atoms with Crippen LogP contribution in [0.25, 0.3) is 11.1 Å². The molecule has 0 saturated heterocycles. The van der Waals surface area contributed by atoms with Gasteiger partial charge in [-0.25, -0.2) is 5.43 Å². The van der Waals surface area contributed by atoms with E-state index in [1.165, 1.54) is 5.56 Å². The molecule has 1 aromatic carbocycles. The Hall–Kier alpha value is -2.69.